The Morgan fingerprint density at radius 1 is 1.30 bits per heavy atom. The van der Waals surface area contributed by atoms with Crippen LogP contribution in [0.5, 0.6) is 0 Å². The lowest BCUT2D eigenvalue weighted by atomic mass is 10.2. The molecule has 1 aromatic carbocycles. The van der Waals surface area contributed by atoms with Crippen molar-refractivity contribution in [1.82, 2.24) is 9.88 Å². The van der Waals surface area contributed by atoms with Gasteiger partial charge in [-0.3, -0.25) is 0 Å². The highest BCUT2D eigenvalue weighted by atomic mass is 35.5. The minimum absolute atomic E-state index is 0.789. The molecule has 104 valence electrons. The van der Waals surface area contributed by atoms with Crippen LogP contribution in [-0.2, 0) is 13.1 Å². The van der Waals surface area contributed by atoms with Crippen molar-refractivity contribution in [1.29, 1.82) is 0 Å². The SMILES string of the molecule is CCNCc1cn(Cc2ccsc2)c2cc(Cl)ccc12. The van der Waals surface area contributed by atoms with Crippen LogP contribution < -0.4 is 5.32 Å². The van der Waals surface area contributed by atoms with Crippen LogP contribution in [0, 0.1) is 0 Å². The first kappa shape index (κ1) is 13.7. The fourth-order valence-electron chi connectivity index (χ4n) is 2.45. The first-order valence-electron chi connectivity index (χ1n) is 6.77. The molecule has 2 aromatic heterocycles. The smallest absolute Gasteiger partial charge is 0.0501 e. The van der Waals surface area contributed by atoms with Crippen LogP contribution in [-0.4, -0.2) is 11.1 Å². The van der Waals surface area contributed by atoms with Crippen molar-refractivity contribution < 1.29 is 0 Å². The summed E-state index contributed by atoms with van der Waals surface area (Å²) < 4.78 is 2.29. The minimum Gasteiger partial charge on any atom is -0.343 e. The first-order chi connectivity index (χ1) is 9.78. The molecule has 0 saturated carbocycles. The molecule has 0 spiro atoms. The van der Waals surface area contributed by atoms with E-state index in [1.54, 1.807) is 11.3 Å². The van der Waals surface area contributed by atoms with E-state index in [2.05, 4.69) is 52.0 Å². The zero-order chi connectivity index (χ0) is 13.9. The summed E-state index contributed by atoms with van der Waals surface area (Å²) in [6.45, 7) is 4.89. The zero-order valence-corrected chi connectivity index (χ0v) is 13.0. The van der Waals surface area contributed by atoms with Crippen molar-refractivity contribution in [3.63, 3.8) is 0 Å². The molecule has 0 unspecified atom stereocenters. The van der Waals surface area contributed by atoms with Crippen molar-refractivity contribution in [3.05, 3.63) is 57.4 Å². The number of nitrogens with one attached hydrogen (secondary N) is 1. The van der Waals surface area contributed by atoms with Gasteiger partial charge in [0.25, 0.3) is 0 Å². The molecule has 3 rings (SSSR count). The predicted molar refractivity (Wildman–Crippen MR) is 87.7 cm³/mol. The zero-order valence-electron chi connectivity index (χ0n) is 11.4. The van der Waals surface area contributed by atoms with Gasteiger partial charge < -0.3 is 9.88 Å². The molecule has 0 atom stereocenters. The summed E-state index contributed by atoms with van der Waals surface area (Å²) >= 11 is 7.90. The van der Waals surface area contributed by atoms with E-state index in [0.717, 1.165) is 24.7 Å². The van der Waals surface area contributed by atoms with Crippen LogP contribution in [0.3, 0.4) is 0 Å². The van der Waals surface area contributed by atoms with E-state index >= 15 is 0 Å². The third-order valence-electron chi connectivity index (χ3n) is 3.43. The average molecular weight is 305 g/mol. The molecular formula is C16H17ClN2S. The van der Waals surface area contributed by atoms with Crippen LogP contribution in [0.25, 0.3) is 10.9 Å². The maximum Gasteiger partial charge on any atom is 0.0501 e. The monoisotopic (exact) mass is 304 g/mol. The van der Waals surface area contributed by atoms with Gasteiger partial charge in [0, 0.05) is 29.7 Å². The van der Waals surface area contributed by atoms with E-state index in [4.69, 9.17) is 11.6 Å². The van der Waals surface area contributed by atoms with Gasteiger partial charge in [-0.25, -0.2) is 0 Å². The second kappa shape index (κ2) is 6.00. The van der Waals surface area contributed by atoms with Gasteiger partial charge in [0.2, 0.25) is 0 Å². The summed E-state index contributed by atoms with van der Waals surface area (Å²) in [5, 5.41) is 9.78. The Bertz CT molecular complexity index is 701. The van der Waals surface area contributed by atoms with Gasteiger partial charge in [0.15, 0.2) is 0 Å². The maximum atomic E-state index is 6.16. The van der Waals surface area contributed by atoms with Gasteiger partial charge in [-0.1, -0.05) is 24.6 Å². The van der Waals surface area contributed by atoms with E-state index in [1.165, 1.54) is 22.0 Å². The Morgan fingerprint density at radius 3 is 2.95 bits per heavy atom. The highest BCUT2D eigenvalue weighted by molar-refractivity contribution is 7.07. The Morgan fingerprint density at radius 2 is 2.20 bits per heavy atom. The number of hydrogen-bond acceptors (Lipinski definition) is 2. The Kier molecular flexibility index (Phi) is 4.10. The normalized spacial score (nSPS) is 11.3. The molecule has 0 bridgehead atoms. The van der Waals surface area contributed by atoms with Crippen molar-refractivity contribution in [2.45, 2.75) is 20.0 Å². The van der Waals surface area contributed by atoms with E-state index in [-0.39, 0.29) is 0 Å². The standard InChI is InChI=1S/C16H17ClN2S/c1-2-18-8-13-10-19(9-12-5-6-20-11-12)16-7-14(17)3-4-15(13)16/h3-7,10-11,18H,2,8-9H2,1H3. The topological polar surface area (TPSA) is 17.0 Å². The summed E-state index contributed by atoms with van der Waals surface area (Å²) in [5.41, 5.74) is 3.87. The fourth-order valence-corrected chi connectivity index (χ4v) is 3.28. The molecule has 0 amide bonds. The molecule has 2 nitrogen and oxygen atoms in total. The molecule has 0 fully saturated rings. The Labute approximate surface area is 128 Å². The third-order valence-corrected chi connectivity index (χ3v) is 4.39. The van der Waals surface area contributed by atoms with Gasteiger partial charge in [0.05, 0.1) is 5.52 Å². The van der Waals surface area contributed by atoms with Gasteiger partial charge in [0.1, 0.15) is 0 Å². The Balaban J connectivity index is 2.03. The summed E-state index contributed by atoms with van der Waals surface area (Å²) in [5.74, 6) is 0. The number of halogens is 1. The van der Waals surface area contributed by atoms with E-state index in [0.29, 0.717) is 0 Å². The second-order valence-corrected chi connectivity index (χ2v) is 6.07. The second-order valence-electron chi connectivity index (χ2n) is 4.86. The molecule has 0 aliphatic heterocycles. The van der Waals surface area contributed by atoms with Gasteiger partial charge in [-0.2, -0.15) is 11.3 Å². The molecular weight excluding hydrogens is 288 g/mol. The fraction of sp³-hybridized carbons (Fsp3) is 0.250. The maximum absolute atomic E-state index is 6.16. The van der Waals surface area contributed by atoms with Gasteiger partial charge in [-0.05, 0) is 46.6 Å². The molecule has 0 aliphatic carbocycles. The predicted octanol–water partition coefficient (Wildman–Crippen LogP) is 4.51. The van der Waals surface area contributed by atoms with Crippen molar-refractivity contribution in [2.75, 3.05) is 6.54 Å². The van der Waals surface area contributed by atoms with E-state index < -0.39 is 0 Å². The number of thiophene rings is 1. The van der Waals surface area contributed by atoms with Gasteiger partial charge >= 0.3 is 0 Å². The van der Waals surface area contributed by atoms with Crippen LogP contribution in [0.15, 0.2) is 41.2 Å². The third kappa shape index (κ3) is 2.75. The summed E-state index contributed by atoms with van der Waals surface area (Å²) in [4.78, 5) is 0. The average Bonchev–Trinajstić information content (AvgIpc) is 3.06. The largest absolute Gasteiger partial charge is 0.343 e. The number of rotatable bonds is 5. The van der Waals surface area contributed by atoms with Crippen molar-refractivity contribution in [3.8, 4) is 0 Å². The number of fused-ring (bicyclic) bond motifs is 1. The number of benzene rings is 1. The van der Waals surface area contributed by atoms with E-state index in [9.17, 15) is 0 Å². The molecule has 1 N–H and O–H groups in total. The van der Waals surface area contributed by atoms with Gasteiger partial charge in [-0.15, -0.1) is 0 Å². The van der Waals surface area contributed by atoms with Crippen molar-refractivity contribution in [2.24, 2.45) is 0 Å². The lowest BCUT2D eigenvalue weighted by molar-refractivity contribution is 0.724. The number of nitrogens with zero attached hydrogens (tertiary/aromatic N) is 1. The van der Waals surface area contributed by atoms with Crippen LogP contribution in [0.4, 0.5) is 0 Å². The van der Waals surface area contributed by atoms with E-state index in [1.807, 2.05) is 6.07 Å². The molecule has 2 heterocycles. The highest BCUT2D eigenvalue weighted by Crippen LogP contribution is 2.26. The minimum atomic E-state index is 0.789. The van der Waals surface area contributed by atoms with Crippen molar-refractivity contribution >= 4 is 33.8 Å². The summed E-state index contributed by atoms with van der Waals surface area (Å²) in [6.07, 6.45) is 2.24. The molecule has 0 saturated heterocycles. The molecule has 20 heavy (non-hydrogen) atoms. The molecule has 4 heteroatoms. The molecule has 0 radical (unpaired) electrons. The molecule has 0 aliphatic rings. The quantitative estimate of drug-likeness (QED) is 0.733. The van der Waals surface area contributed by atoms with Crippen LogP contribution in [0.1, 0.15) is 18.1 Å². The van der Waals surface area contributed by atoms with Crippen LogP contribution >= 0.6 is 22.9 Å². The lowest BCUT2D eigenvalue weighted by Gasteiger charge is -2.03. The number of aromatic nitrogens is 1. The lowest BCUT2D eigenvalue weighted by Crippen LogP contribution is -2.11. The Hall–Kier alpha value is -1.29. The summed E-state index contributed by atoms with van der Waals surface area (Å²) in [6, 6.07) is 8.31. The summed E-state index contributed by atoms with van der Waals surface area (Å²) in [7, 11) is 0. The molecule has 3 aromatic rings. The van der Waals surface area contributed by atoms with Crippen LogP contribution in [0.2, 0.25) is 5.02 Å². The number of hydrogen-bond donors (Lipinski definition) is 1. The first-order valence-corrected chi connectivity index (χ1v) is 8.09. The highest BCUT2D eigenvalue weighted by Gasteiger charge is 2.09.